The van der Waals surface area contributed by atoms with Crippen LogP contribution in [0.2, 0.25) is 15.1 Å². The van der Waals surface area contributed by atoms with Gasteiger partial charge in [-0.05, 0) is 48.0 Å². The predicted molar refractivity (Wildman–Crippen MR) is 127 cm³/mol. The van der Waals surface area contributed by atoms with Gasteiger partial charge in [0.25, 0.3) is 5.91 Å². The number of carbonyl (C=O) groups excluding carboxylic acids is 1. The highest BCUT2D eigenvalue weighted by Crippen LogP contribution is 2.38. The summed E-state index contributed by atoms with van der Waals surface area (Å²) < 4.78 is 45.8. The smallest absolute Gasteiger partial charge is 0.417 e. The number of rotatable bonds is 6. The first-order valence-corrected chi connectivity index (χ1v) is 11.2. The fourth-order valence-corrected chi connectivity index (χ4v) is 3.73. The van der Waals surface area contributed by atoms with Gasteiger partial charge in [-0.3, -0.25) is 4.79 Å². The van der Waals surface area contributed by atoms with E-state index in [0.29, 0.717) is 17.0 Å². The first-order valence-electron chi connectivity index (χ1n) is 10.0. The third-order valence-electron chi connectivity index (χ3n) is 4.82. The molecule has 0 unspecified atom stereocenters. The molecule has 4 rings (SSSR count). The van der Waals surface area contributed by atoms with E-state index in [1.807, 2.05) is 0 Å². The molecule has 1 heterocycles. The Labute approximate surface area is 217 Å². The summed E-state index contributed by atoms with van der Waals surface area (Å²) in [5.41, 5.74) is 0.0981. The van der Waals surface area contributed by atoms with E-state index < -0.39 is 22.7 Å². The van der Waals surface area contributed by atoms with E-state index in [9.17, 15) is 23.1 Å². The van der Waals surface area contributed by atoms with Crippen LogP contribution in [-0.4, -0.2) is 25.8 Å². The van der Waals surface area contributed by atoms with Gasteiger partial charge in [-0.15, -0.1) is 5.10 Å². The van der Waals surface area contributed by atoms with E-state index in [0.717, 1.165) is 12.1 Å². The van der Waals surface area contributed by atoms with Gasteiger partial charge in [0, 0.05) is 6.54 Å². The Kier molecular flexibility index (Phi) is 7.30. The van der Waals surface area contributed by atoms with Gasteiger partial charge in [0.2, 0.25) is 5.82 Å². The minimum atomic E-state index is -4.60. The summed E-state index contributed by atoms with van der Waals surface area (Å²) in [5.74, 6) is -0.655. The number of aromatic nitrogens is 3. The topological polar surface area (TPSA) is 89.3 Å². The van der Waals surface area contributed by atoms with Crippen LogP contribution in [0.3, 0.4) is 0 Å². The highest BCUT2D eigenvalue weighted by atomic mass is 35.5. The zero-order valence-electron chi connectivity index (χ0n) is 17.9. The molecular formula is C23H14Cl3F3N4O3. The number of hydrogen-bond acceptors (Lipinski definition) is 5. The number of carbonyl (C=O) groups is 1. The lowest BCUT2D eigenvalue weighted by Crippen LogP contribution is -2.24. The third-order valence-corrected chi connectivity index (χ3v) is 5.72. The number of halogens is 6. The summed E-state index contributed by atoms with van der Waals surface area (Å²) >= 11 is 17.4. The van der Waals surface area contributed by atoms with E-state index >= 15 is 0 Å². The molecule has 0 aliphatic rings. The van der Waals surface area contributed by atoms with Crippen LogP contribution >= 0.6 is 34.8 Å². The number of ether oxygens (including phenoxy) is 1. The molecule has 4 aromatic rings. The predicted octanol–water partition coefficient (Wildman–Crippen LogP) is 6.67. The van der Waals surface area contributed by atoms with Gasteiger partial charge >= 0.3 is 6.18 Å². The maximum absolute atomic E-state index is 13.0. The largest absolute Gasteiger partial charge is 0.505 e. The maximum Gasteiger partial charge on any atom is 0.417 e. The maximum atomic E-state index is 13.0. The molecule has 0 fully saturated rings. The van der Waals surface area contributed by atoms with Gasteiger partial charge in [-0.25, -0.2) is 9.67 Å². The number of alkyl halides is 3. The Balaban J connectivity index is 1.37. The number of aromatic hydroxyl groups is 1. The van der Waals surface area contributed by atoms with Crippen molar-refractivity contribution < 1.29 is 27.8 Å². The second-order valence-electron chi connectivity index (χ2n) is 7.34. The second-order valence-corrected chi connectivity index (χ2v) is 8.56. The van der Waals surface area contributed by atoms with Crippen LogP contribution in [0.1, 0.15) is 21.7 Å². The van der Waals surface area contributed by atoms with Crippen molar-refractivity contribution in [2.24, 2.45) is 0 Å². The molecule has 7 nitrogen and oxygen atoms in total. The van der Waals surface area contributed by atoms with E-state index in [2.05, 4.69) is 15.4 Å². The number of phenolic OH excluding ortho intramolecular Hbond substituents is 1. The van der Waals surface area contributed by atoms with Gasteiger partial charge in [-0.1, -0.05) is 46.9 Å². The average molecular weight is 558 g/mol. The lowest BCUT2D eigenvalue weighted by atomic mass is 10.2. The van der Waals surface area contributed by atoms with Crippen molar-refractivity contribution in [2.75, 3.05) is 0 Å². The molecule has 0 bridgehead atoms. The van der Waals surface area contributed by atoms with E-state index in [4.69, 9.17) is 39.5 Å². The van der Waals surface area contributed by atoms with Crippen molar-refractivity contribution in [3.8, 4) is 22.9 Å². The van der Waals surface area contributed by atoms with Crippen molar-refractivity contribution >= 4 is 40.7 Å². The number of phenols is 1. The minimum absolute atomic E-state index is 0.0169. The molecule has 13 heteroatoms. The summed E-state index contributed by atoms with van der Waals surface area (Å²) in [5, 5.41) is 16.0. The molecule has 36 heavy (non-hydrogen) atoms. The first-order chi connectivity index (χ1) is 17.0. The first kappa shape index (κ1) is 25.6. The van der Waals surface area contributed by atoms with Gasteiger partial charge in [-0.2, -0.15) is 13.2 Å². The molecule has 0 aliphatic carbocycles. The summed E-state index contributed by atoms with van der Waals surface area (Å²) in [6.45, 7) is 0.129. The number of nitrogens with zero attached hydrogens (tertiary/aromatic N) is 3. The normalized spacial score (nSPS) is 11.4. The van der Waals surface area contributed by atoms with Gasteiger partial charge in [0.1, 0.15) is 17.8 Å². The fourth-order valence-electron chi connectivity index (χ4n) is 3.03. The molecule has 1 amide bonds. The van der Waals surface area contributed by atoms with Crippen LogP contribution in [0.25, 0.3) is 5.69 Å². The second kappa shape index (κ2) is 10.3. The summed E-state index contributed by atoms with van der Waals surface area (Å²) in [4.78, 5) is 16.4. The lowest BCUT2D eigenvalue weighted by Gasteiger charge is -2.12. The zero-order valence-corrected chi connectivity index (χ0v) is 20.1. The molecule has 0 radical (unpaired) electrons. The average Bonchev–Trinajstić information content (AvgIpc) is 3.33. The van der Waals surface area contributed by atoms with Crippen LogP contribution in [0.15, 0.2) is 60.9 Å². The molecule has 1 aromatic heterocycles. The molecule has 3 aromatic carbocycles. The summed E-state index contributed by atoms with van der Waals surface area (Å²) in [7, 11) is 0. The molecule has 0 aliphatic heterocycles. The number of benzene rings is 3. The molecule has 186 valence electrons. The Bertz CT molecular complexity index is 1400. The van der Waals surface area contributed by atoms with Gasteiger partial charge in [0.05, 0.1) is 26.3 Å². The Morgan fingerprint density at radius 1 is 0.972 bits per heavy atom. The van der Waals surface area contributed by atoms with E-state index in [-0.39, 0.29) is 33.9 Å². The van der Waals surface area contributed by atoms with Crippen LogP contribution < -0.4 is 10.1 Å². The van der Waals surface area contributed by atoms with Gasteiger partial charge < -0.3 is 15.2 Å². The highest BCUT2D eigenvalue weighted by Gasteiger charge is 2.33. The van der Waals surface area contributed by atoms with E-state index in [1.165, 1.54) is 29.2 Å². The standard InChI is InChI=1S/C23H14Cl3F3N4O3/c24-17-6-5-15(9-16(17)23(27,28)29)36-14-3-1-12(2-4-14)10-30-22(35)21-31-11-33(32-21)13-7-18(25)20(34)19(26)8-13/h1-9,11,34H,10H2,(H,30,35). The Hall–Kier alpha value is -3.47. The zero-order chi connectivity index (χ0) is 26.0. The Morgan fingerprint density at radius 2 is 1.61 bits per heavy atom. The summed E-state index contributed by atoms with van der Waals surface area (Å²) in [6.07, 6.45) is -3.31. The summed E-state index contributed by atoms with van der Waals surface area (Å²) in [6, 6.07) is 12.5. The van der Waals surface area contributed by atoms with Crippen molar-refractivity contribution in [1.82, 2.24) is 20.1 Å². The van der Waals surface area contributed by atoms with E-state index in [1.54, 1.807) is 24.3 Å². The highest BCUT2D eigenvalue weighted by molar-refractivity contribution is 6.37. The van der Waals surface area contributed by atoms with Crippen molar-refractivity contribution in [3.63, 3.8) is 0 Å². The number of amides is 1. The molecule has 0 saturated carbocycles. The van der Waals surface area contributed by atoms with Crippen molar-refractivity contribution in [2.45, 2.75) is 12.7 Å². The quantitative estimate of drug-likeness (QED) is 0.276. The SMILES string of the molecule is O=C(NCc1ccc(Oc2ccc(Cl)c(C(F)(F)F)c2)cc1)c1ncn(-c2cc(Cl)c(O)c(Cl)c2)n1. The van der Waals surface area contributed by atoms with Crippen molar-refractivity contribution in [1.29, 1.82) is 0 Å². The molecule has 0 atom stereocenters. The lowest BCUT2D eigenvalue weighted by molar-refractivity contribution is -0.137. The molecular weight excluding hydrogens is 544 g/mol. The Morgan fingerprint density at radius 3 is 2.25 bits per heavy atom. The monoisotopic (exact) mass is 556 g/mol. The molecule has 0 spiro atoms. The fraction of sp³-hybridized carbons (Fsp3) is 0.0870. The molecule has 2 N–H and O–H groups in total. The molecule has 0 saturated heterocycles. The van der Waals surface area contributed by atoms with Crippen LogP contribution in [-0.2, 0) is 12.7 Å². The number of nitrogens with one attached hydrogen (secondary N) is 1. The third kappa shape index (κ3) is 5.84. The van der Waals surface area contributed by atoms with Crippen LogP contribution in [0.4, 0.5) is 13.2 Å². The van der Waals surface area contributed by atoms with Gasteiger partial charge in [0.15, 0.2) is 5.75 Å². The van der Waals surface area contributed by atoms with Crippen molar-refractivity contribution in [3.05, 3.63) is 92.9 Å². The number of hydrogen-bond donors (Lipinski definition) is 2. The van der Waals surface area contributed by atoms with Crippen LogP contribution in [0, 0.1) is 0 Å². The van der Waals surface area contributed by atoms with Crippen LogP contribution in [0.5, 0.6) is 17.2 Å². The minimum Gasteiger partial charge on any atom is -0.505 e.